The first-order chi connectivity index (χ1) is 11.5. The molecule has 6 nitrogen and oxygen atoms in total. The molecule has 0 aliphatic rings. The molecule has 0 amide bonds. The molecule has 130 valence electrons. The van der Waals surface area contributed by atoms with Crippen LogP contribution in [0, 0.1) is 0 Å². The summed E-state index contributed by atoms with van der Waals surface area (Å²) >= 11 is 0. The molecule has 0 heterocycles. The van der Waals surface area contributed by atoms with Crippen molar-refractivity contribution in [3.63, 3.8) is 0 Å². The maximum atomic E-state index is 10.2. The van der Waals surface area contributed by atoms with Crippen molar-refractivity contribution in [3.8, 4) is 23.0 Å². The van der Waals surface area contributed by atoms with Gasteiger partial charge >= 0.3 is 5.97 Å². The first kappa shape index (κ1) is 19.2. The molecule has 0 saturated heterocycles. The van der Waals surface area contributed by atoms with E-state index in [0.29, 0.717) is 13.0 Å². The van der Waals surface area contributed by atoms with Crippen LogP contribution in [0.1, 0.15) is 12.8 Å². The van der Waals surface area contributed by atoms with Crippen molar-refractivity contribution in [2.24, 2.45) is 0 Å². The lowest BCUT2D eigenvalue weighted by Crippen LogP contribution is -2.01. The van der Waals surface area contributed by atoms with Gasteiger partial charge in [-0.05, 0) is 55.0 Å². The van der Waals surface area contributed by atoms with E-state index in [-0.39, 0.29) is 12.2 Å². The van der Waals surface area contributed by atoms with E-state index in [4.69, 9.17) is 24.4 Å². The van der Waals surface area contributed by atoms with Crippen molar-refractivity contribution >= 4 is 5.97 Å². The van der Waals surface area contributed by atoms with Crippen LogP contribution in [0.5, 0.6) is 23.0 Å². The number of phenols is 1. The van der Waals surface area contributed by atoms with Gasteiger partial charge in [0.1, 0.15) is 23.0 Å². The number of phenolic OH excluding ortho intramolecular Hbond substituents is 1. The minimum atomic E-state index is -0.798. The van der Waals surface area contributed by atoms with E-state index < -0.39 is 5.97 Å². The summed E-state index contributed by atoms with van der Waals surface area (Å²) in [5.41, 5.74) is 0. The Morgan fingerprint density at radius 2 is 1.33 bits per heavy atom. The summed E-state index contributed by atoms with van der Waals surface area (Å²) in [7, 11) is 3.19. The zero-order valence-corrected chi connectivity index (χ0v) is 13.8. The molecule has 24 heavy (non-hydrogen) atoms. The number of rotatable bonds is 7. The number of aromatic hydroxyl groups is 1. The van der Waals surface area contributed by atoms with Gasteiger partial charge < -0.3 is 24.4 Å². The lowest BCUT2D eigenvalue weighted by molar-refractivity contribution is -0.137. The molecule has 6 heteroatoms. The lowest BCUT2D eigenvalue weighted by atomic mass is 10.3. The van der Waals surface area contributed by atoms with Crippen LogP contribution >= 0.6 is 0 Å². The van der Waals surface area contributed by atoms with E-state index >= 15 is 0 Å². The Kier molecular flexibility index (Phi) is 8.60. The molecule has 2 N–H and O–H groups in total. The molecule has 0 saturated carbocycles. The number of carbonyl (C=O) groups is 1. The second kappa shape index (κ2) is 10.8. The molecule has 0 spiro atoms. The summed E-state index contributed by atoms with van der Waals surface area (Å²) in [5, 5.41) is 17.2. The SMILES string of the molecule is COc1ccc(O)cc1.COc1ccc(OCCCC(=O)O)cc1. The molecule has 2 aromatic rings. The van der Waals surface area contributed by atoms with E-state index in [1.54, 1.807) is 62.8 Å². The van der Waals surface area contributed by atoms with Crippen molar-refractivity contribution in [2.75, 3.05) is 20.8 Å². The number of ether oxygens (including phenoxy) is 3. The summed E-state index contributed by atoms with van der Waals surface area (Å²) in [6.07, 6.45) is 0.650. The molecule has 0 aromatic heterocycles. The van der Waals surface area contributed by atoms with Gasteiger partial charge in [-0.3, -0.25) is 4.79 Å². The van der Waals surface area contributed by atoms with Crippen molar-refractivity contribution in [1.82, 2.24) is 0 Å². The summed E-state index contributed by atoms with van der Waals surface area (Å²) in [5.74, 6) is 1.71. The van der Waals surface area contributed by atoms with Crippen molar-refractivity contribution in [3.05, 3.63) is 48.5 Å². The number of benzene rings is 2. The highest BCUT2D eigenvalue weighted by molar-refractivity contribution is 5.66. The molecule has 0 fully saturated rings. The maximum absolute atomic E-state index is 10.2. The first-order valence-corrected chi connectivity index (χ1v) is 7.37. The smallest absolute Gasteiger partial charge is 0.303 e. The number of carboxylic acid groups (broad SMARTS) is 1. The molecular weight excluding hydrogens is 312 g/mol. The van der Waals surface area contributed by atoms with Gasteiger partial charge in [-0.2, -0.15) is 0 Å². The molecule has 2 aromatic carbocycles. The van der Waals surface area contributed by atoms with Gasteiger partial charge in [-0.15, -0.1) is 0 Å². The van der Waals surface area contributed by atoms with Crippen LogP contribution in [0.3, 0.4) is 0 Å². The topological polar surface area (TPSA) is 85.2 Å². The highest BCUT2D eigenvalue weighted by Gasteiger charge is 1.98. The number of hydrogen-bond acceptors (Lipinski definition) is 5. The highest BCUT2D eigenvalue weighted by Crippen LogP contribution is 2.17. The van der Waals surface area contributed by atoms with E-state index in [2.05, 4.69) is 0 Å². The standard InChI is InChI=1S/C11H14O4.C7H8O2/c1-14-9-4-6-10(7-5-9)15-8-2-3-11(12)13;1-9-7-4-2-6(8)3-5-7/h4-7H,2-3,8H2,1H3,(H,12,13);2-5,8H,1H3. The molecular formula is C18H22O6. The normalized spacial score (nSPS) is 9.42. The summed E-state index contributed by atoms with van der Waals surface area (Å²) in [6, 6.07) is 13.8. The number of methoxy groups -OCH3 is 2. The average Bonchev–Trinajstić information content (AvgIpc) is 2.60. The molecule has 0 atom stereocenters. The van der Waals surface area contributed by atoms with Crippen molar-refractivity contribution < 1.29 is 29.2 Å². The predicted molar refractivity (Wildman–Crippen MR) is 90.0 cm³/mol. The number of carboxylic acids is 1. The lowest BCUT2D eigenvalue weighted by Gasteiger charge is -2.05. The molecule has 0 aliphatic carbocycles. The van der Waals surface area contributed by atoms with Gasteiger partial charge in [0.2, 0.25) is 0 Å². The fourth-order valence-electron chi connectivity index (χ4n) is 1.67. The average molecular weight is 334 g/mol. The van der Waals surface area contributed by atoms with Gasteiger partial charge in [0.05, 0.1) is 20.8 Å². The van der Waals surface area contributed by atoms with Gasteiger partial charge in [0, 0.05) is 6.42 Å². The van der Waals surface area contributed by atoms with E-state index in [1.807, 2.05) is 0 Å². The van der Waals surface area contributed by atoms with Gasteiger partial charge in [-0.1, -0.05) is 0 Å². The Morgan fingerprint density at radius 3 is 1.79 bits per heavy atom. The van der Waals surface area contributed by atoms with E-state index in [9.17, 15) is 4.79 Å². The minimum Gasteiger partial charge on any atom is -0.508 e. The van der Waals surface area contributed by atoms with Crippen LogP contribution in [-0.4, -0.2) is 37.0 Å². The number of hydrogen-bond donors (Lipinski definition) is 2. The molecule has 0 aliphatic heterocycles. The fourth-order valence-corrected chi connectivity index (χ4v) is 1.67. The molecule has 0 bridgehead atoms. The van der Waals surface area contributed by atoms with Crippen LogP contribution in [0.25, 0.3) is 0 Å². The minimum absolute atomic E-state index is 0.135. The van der Waals surface area contributed by atoms with Gasteiger partial charge in [-0.25, -0.2) is 0 Å². The first-order valence-electron chi connectivity index (χ1n) is 7.37. The van der Waals surface area contributed by atoms with E-state index in [0.717, 1.165) is 17.2 Å². The Hall–Kier alpha value is -2.89. The Balaban J connectivity index is 0.000000272. The third-order valence-electron chi connectivity index (χ3n) is 2.94. The second-order valence-electron chi connectivity index (χ2n) is 4.72. The molecule has 2 rings (SSSR count). The molecule has 0 unspecified atom stereocenters. The van der Waals surface area contributed by atoms with E-state index in [1.165, 1.54) is 0 Å². The summed E-state index contributed by atoms with van der Waals surface area (Å²) in [4.78, 5) is 10.2. The Labute approximate surface area is 141 Å². The van der Waals surface area contributed by atoms with Crippen LogP contribution in [-0.2, 0) is 4.79 Å². The largest absolute Gasteiger partial charge is 0.508 e. The zero-order valence-electron chi connectivity index (χ0n) is 13.8. The second-order valence-corrected chi connectivity index (χ2v) is 4.72. The number of aliphatic carboxylic acids is 1. The third-order valence-corrected chi connectivity index (χ3v) is 2.94. The fraction of sp³-hybridized carbons (Fsp3) is 0.278. The monoisotopic (exact) mass is 334 g/mol. The quantitative estimate of drug-likeness (QED) is 0.755. The van der Waals surface area contributed by atoms with Crippen LogP contribution in [0.4, 0.5) is 0 Å². The van der Waals surface area contributed by atoms with Crippen LogP contribution in [0.15, 0.2) is 48.5 Å². The maximum Gasteiger partial charge on any atom is 0.303 e. The zero-order chi connectivity index (χ0) is 17.8. The van der Waals surface area contributed by atoms with Crippen LogP contribution < -0.4 is 14.2 Å². The third kappa shape index (κ3) is 7.93. The Morgan fingerprint density at radius 1 is 0.875 bits per heavy atom. The van der Waals surface area contributed by atoms with Crippen molar-refractivity contribution in [1.29, 1.82) is 0 Å². The predicted octanol–water partition coefficient (Wildman–Crippen LogP) is 3.34. The van der Waals surface area contributed by atoms with Crippen LogP contribution in [0.2, 0.25) is 0 Å². The summed E-state index contributed by atoms with van der Waals surface area (Å²) in [6.45, 7) is 0.415. The summed E-state index contributed by atoms with van der Waals surface area (Å²) < 4.78 is 15.2. The highest BCUT2D eigenvalue weighted by atomic mass is 16.5. The van der Waals surface area contributed by atoms with Gasteiger partial charge in [0.15, 0.2) is 0 Å². The Bertz CT molecular complexity index is 592. The van der Waals surface area contributed by atoms with Crippen molar-refractivity contribution in [2.45, 2.75) is 12.8 Å². The van der Waals surface area contributed by atoms with Gasteiger partial charge in [0.25, 0.3) is 0 Å². The molecule has 0 radical (unpaired) electrons.